The van der Waals surface area contributed by atoms with Crippen LogP contribution >= 0.6 is 0 Å². The van der Waals surface area contributed by atoms with Gasteiger partial charge < -0.3 is 15.5 Å². The van der Waals surface area contributed by atoms with Crippen molar-refractivity contribution in [1.82, 2.24) is 14.8 Å². The molecule has 1 aromatic carbocycles. The molecule has 0 amide bonds. The van der Waals surface area contributed by atoms with E-state index in [-0.39, 0.29) is 22.5 Å². The van der Waals surface area contributed by atoms with Crippen LogP contribution < -0.4 is 16.0 Å². The predicted octanol–water partition coefficient (Wildman–Crippen LogP) is 1.56. The predicted molar refractivity (Wildman–Crippen MR) is 90.0 cm³/mol. The molecule has 3 rings (SSSR count). The van der Waals surface area contributed by atoms with E-state index in [1.807, 2.05) is 12.1 Å². The molecule has 2 aromatic heterocycles. The van der Waals surface area contributed by atoms with Gasteiger partial charge in [0.05, 0.1) is 12.8 Å². The van der Waals surface area contributed by atoms with E-state index in [0.717, 1.165) is 0 Å². The van der Waals surface area contributed by atoms with E-state index in [2.05, 4.69) is 10.1 Å². The third-order valence-electron chi connectivity index (χ3n) is 3.69. The molecule has 0 spiro atoms. The topological polar surface area (TPSA) is 134 Å². The van der Waals surface area contributed by atoms with Crippen LogP contribution in [0.2, 0.25) is 0 Å². The van der Waals surface area contributed by atoms with Gasteiger partial charge in [0.1, 0.15) is 34.8 Å². The summed E-state index contributed by atoms with van der Waals surface area (Å²) >= 11 is 0. The lowest BCUT2D eigenvalue weighted by Gasteiger charge is -2.14. The van der Waals surface area contributed by atoms with Crippen LogP contribution in [-0.4, -0.2) is 21.9 Å². The number of pyridine rings is 1. The Morgan fingerprint density at radius 3 is 2.64 bits per heavy atom. The first kappa shape index (κ1) is 15.8. The summed E-state index contributed by atoms with van der Waals surface area (Å²) in [5.74, 6) is 0.397. The number of benzene rings is 1. The fraction of sp³-hybridized carbons (Fsp3) is 0.0588. The molecule has 2 heterocycles. The summed E-state index contributed by atoms with van der Waals surface area (Å²) in [4.78, 5) is 14.5. The van der Waals surface area contributed by atoms with Crippen molar-refractivity contribution in [3.8, 4) is 34.7 Å². The number of methoxy groups -OCH3 is 1. The lowest BCUT2D eigenvalue weighted by molar-refractivity contribution is 0.415. The summed E-state index contributed by atoms with van der Waals surface area (Å²) in [5.41, 5.74) is 6.10. The maximum atomic E-state index is 12.2. The zero-order valence-electron chi connectivity index (χ0n) is 13.1. The Labute approximate surface area is 142 Å². The Bertz CT molecular complexity index is 1080. The Morgan fingerprint density at radius 1 is 1.28 bits per heavy atom. The number of H-pyrrole nitrogens is 1. The Morgan fingerprint density at radius 2 is 2.04 bits per heavy atom. The summed E-state index contributed by atoms with van der Waals surface area (Å²) in [5, 5.41) is 23.1. The molecule has 0 atom stereocenters. The van der Waals surface area contributed by atoms with Gasteiger partial charge in [-0.15, -0.1) is 0 Å². The number of nitrogens with one attached hydrogen (secondary N) is 1. The number of nitrogens with two attached hydrogens (primary N) is 1. The summed E-state index contributed by atoms with van der Waals surface area (Å²) < 4.78 is 6.81. The summed E-state index contributed by atoms with van der Waals surface area (Å²) in [6.45, 7) is 0. The molecule has 8 nitrogen and oxygen atoms in total. The number of nitriles is 2. The number of aromatic amines is 1. The van der Waals surface area contributed by atoms with E-state index in [1.165, 1.54) is 7.11 Å². The molecule has 0 bridgehead atoms. The maximum absolute atomic E-state index is 12.2. The average Bonchev–Trinajstić information content (AvgIpc) is 3.15. The van der Waals surface area contributed by atoms with Gasteiger partial charge >= 0.3 is 0 Å². The first-order chi connectivity index (χ1) is 12.1. The molecular weight excluding hydrogens is 320 g/mol. The van der Waals surface area contributed by atoms with Gasteiger partial charge in [-0.1, -0.05) is 0 Å². The van der Waals surface area contributed by atoms with E-state index in [9.17, 15) is 15.3 Å². The Balaban J connectivity index is 2.47. The molecule has 122 valence electrons. The highest BCUT2D eigenvalue weighted by molar-refractivity contribution is 5.85. The van der Waals surface area contributed by atoms with Gasteiger partial charge in [0.2, 0.25) is 0 Å². The second-order valence-electron chi connectivity index (χ2n) is 5.05. The molecule has 0 saturated carbocycles. The van der Waals surface area contributed by atoms with E-state index in [1.54, 1.807) is 41.3 Å². The number of ether oxygens (including phenoxy) is 1. The zero-order valence-corrected chi connectivity index (χ0v) is 13.1. The Hall–Kier alpha value is -4.04. The third kappa shape index (κ3) is 2.58. The fourth-order valence-electron chi connectivity index (χ4n) is 2.57. The molecule has 0 aliphatic heterocycles. The van der Waals surface area contributed by atoms with Crippen LogP contribution in [-0.2, 0) is 0 Å². The van der Waals surface area contributed by atoms with Crippen molar-refractivity contribution in [2.45, 2.75) is 0 Å². The lowest BCUT2D eigenvalue weighted by atomic mass is 9.95. The summed E-state index contributed by atoms with van der Waals surface area (Å²) in [6, 6.07) is 10.6. The quantitative estimate of drug-likeness (QED) is 0.747. The van der Waals surface area contributed by atoms with Crippen LogP contribution in [0.5, 0.6) is 5.75 Å². The van der Waals surface area contributed by atoms with Crippen LogP contribution in [0.1, 0.15) is 11.1 Å². The standard InChI is InChI=1S/C17H12N6O2/c1-25-10-3-4-14(23-6-2-5-21-23)11(7-10)15-12(8-18)16(20)22-17(24)13(15)9-19/h2-7H,1H3,(H3,20,22,24). The van der Waals surface area contributed by atoms with Gasteiger partial charge in [0.15, 0.2) is 0 Å². The summed E-state index contributed by atoms with van der Waals surface area (Å²) in [7, 11) is 1.50. The van der Waals surface area contributed by atoms with Gasteiger partial charge in [-0.25, -0.2) is 4.68 Å². The van der Waals surface area contributed by atoms with E-state index < -0.39 is 5.56 Å². The van der Waals surface area contributed by atoms with Crippen molar-refractivity contribution in [2.75, 3.05) is 12.8 Å². The summed E-state index contributed by atoms with van der Waals surface area (Å²) in [6.07, 6.45) is 3.30. The normalized spacial score (nSPS) is 10.0. The van der Waals surface area contributed by atoms with E-state index >= 15 is 0 Å². The molecule has 25 heavy (non-hydrogen) atoms. The van der Waals surface area contributed by atoms with Crippen molar-refractivity contribution in [3.05, 3.63) is 58.1 Å². The highest BCUT2D eigenvalue weighted by Gasteiger charge is 2.21. The first-order valence-corrected chi connectivity index (χ1v) is 7.15. The number of hydrogen-bond donors (Lipinski definition) is 2. The molecule has 0 fully saturated rings. The molecule has 0 radical (unpaired) electrons. The average molecular weight is 332 g/mol. The molecule has 3 N–H and O–H groups in total. The van der Waals surface area contributed by atoms with Gasteiger partial charge in [-0.2, -0.15) is 15.6 Å². The lowest BCUT2D eigenvalue weighted by Crippen LogP contribution is -2.17. The Kier molecular flexibility index (Phi) is 3.94. The fourth-order valence-corrected chi connectivity index (χ4v) is 2.57. The second kappa shape index (κ2) is 6.22. The minimum atomic E-state index is -0.664. The molecule has 0 saturated heterocycles. The van der Waals surface area contributed by atoms with Crippen LogP contribution in [0.4, 0.5) is 5.82 Å². The molecular formula is C17H12N6O2. The van der Waals surface area contributed by atoms with Crippen molar-refractivity contribution in [1.29, 1.82) is 10.5 Å². The third-order valence-corrected chi connectivity index (χ3v) is 3.69. The monoisotopic (exact) mass is 332 g/mol. The van der Waals surface area contributed by atoms with Gasteiger partial charge in [0.25, 0.3) is 5.56 Å². The molecule has 0 aliphatic rings. The van der Waals surface area contributed by atoms with Crippen molar-refractivity contribution < 1.29 is 4.74 Å². The maximum Gasteiger partial charge on any atom is 0.268 e. The van der Waals surface area contributed by atoms with Crippen LogP contribution in [0.3, 0.4) is 0 Å². The van der Waals surface area contributed by atoms with Crippen molar-refractivity contribution >= 4 is 5.82 Å². The molecule has 3 aromatic rings. The SMILES string of the molecule is COc1ccc(-n2cccn2)c(-c2c(C#N)c(N)[nH]c(=O)c2C#N)c1. The van der Waals surface area contributed by atoms with Gasteiger partial charge in [-0.05, 0) is 24.3 Å². The van der Waals surface area contributed by atoms with Crippen molar-refractivity contribution in [2.24, 2.45) is 0 Å². The highest BCUT2D eigenvalue weighted by Crippen LogP contribution is 2.35. The van der Waals surface area contributed by atoms with E-state index in [0.29, 0.717) is 17.0 Å². The van der Waals surface area contributed by atoms with Crippen molar-refractivity contribution in [3.63, 3.8) is 0 Å². The van der Waals surface area contributed by atoms with Gasteiger partial charge in [0, 0.05) is 23.5 Å². The highest BCUT2D eigenvalue weighted by atomic mass is 16.5. The van der Waals surface area contributed by atoms with E-state index in [4.69, 9.17) is 10.5 Å². The molecule has 8 heteroatoms. The zero-order chi connectivity index (χ0) is 18.0. The smallest absolute Gasteiger partial charge is 0.268 e. The number of aromatic nitrogens is 3. The van der Waals surface area contributed by atoms with Gasteiger partial charge in [-0.3, -0.25) is 4.79 Å². The second-order valence-corrected chi connectivity index (χ2v) is 5.05. The van der Waals surface area contributed by atoms with Crippen LogP contribution in [0.25, 0.3) is 16.8 Å². The molecule has 0 unspecified atom stereocenters. The van der Waals surface area contributed by atoms with Crippen LogP contribution in [0.15, 0.2) is 41.5 Å². The number of nitrogen functional groups attached to an aromatic ring is 1. The minimum absolute atomic E-state index is 0.0119. The number of anilines is 1. The minimum Gasteiger partial charge on any atom is -0.497 e. The number of hydrogen-bond acceptors (Lipinski definition) is 6. The number of nitrogens with zero attached hydrogens (tertiary/aromatic N) is 4. The van der Waals surface area contributed by atoms with Crippen LogP contribution in [0, 0.1) is 22.7 Å². The number of rotatable bonds is 3. The first-order valence-electron chi connectivity index (χ1n) is 7.15. The largest absolute Gasteiger partial charge is 0.497 e. The molecule has 0 aliphatic carbocycles.